The Balaban J connectivity index is 2.04. The first-order chi connectivity index (χ1) is 18.5. The third kappa shape index (κ3) is 6.19. The Bertz CT molecular complexity index is 1220. The van der Waals surface area contributed by atoms with Crippen molar-refractivity contribution in [1.82, 2.24) is 0 Å². The Morgan fingerprint density at radius 1 is 0.684 bits per heavy atom. The molecule has 1 N–H and O–H groups in total. The van der Waals surface area contributed by atoms with E-state index in [9.17, 15) is 0 Å². The summed E-state index contributed by atoms with van der Waals surface area (Å²) >= 11 is 0. The Hall–Kier alpha value is -3.36. The van der Waals surface area contributed by atoms with Gasteiger partial charge in [-0.3, -0.25) is 0 Å². The second-order valence-electron chi connectivity index (χ2n) is 11.3. The molecule has 4 aromatic rings. The highest BCUT2D eigenvalue weighted by Gasteiger charge is 2.54. The van der Waals surface area contributed by atoms with E-state index in [-0.39, 0.29) is 10.7 Å². The molecule has 1 nitrogen and oxygen atoms in total. The van der Waals surface area contributed by atoms with Gasteiger partial charge in [-0.25, -0.2) is 0 Å². The molecule has 0 amide bonds. The number of hydrogen-bond acceptors (Lipinski definition) is 1. The van der Waals surface area contributed by atoms with Crippen molar-refractivity contribution in [2.75, 3.05) is 5.32 Å². The monoisotopic (exact) mass is 517 g/mol. The predicted molar refractivity (Wildman–Crippen MR) is 170 cm³/mol. The van der Waals surface area contributed by atoms with Crippen LogP contribution in [0.3, 0.4) is 0 Å². The van der Waals surface area contributed by atoms with Crippen molar-refractivity contribution in [2.45, 2.75) is 64.1 Å². The third-order valence-corrected chi connectivity index (χ3v) is 14.0. The van der Waals surface area contributed by atoms with Crippen molar-refractivity contribution in [1.29, 1.82) is 0 Å². The van der Waals surface area contributed by atoms with E-state index in [1.54, 1.807) is 0 Å². The molecule has 38 heavy (non-hydrogen) atoms. The van der Waals surface area contributed by atoms with Crippen LogP contribution in [0.15, 0.2) is 127 Å². The molecule has 0 saturated heterocycles. The fraction of sp³-hybridized carbons (Fsp3) is 0.278. The molecular formula is C36H43NSi. The largest absolute Gasteiger partial charge is 0.380 e. The summed E-state index contributed by atoms with van der Waals surface area (Å²) in [6.45, 7) is 9.68. The highest BCUT2D eigenvalue weighted by molar-refractivity contribution is 7.06. The minimum Gasteiger partial charge on any atom is -0.380 e. The molecule has 0 radical (unpaired) electrons. The third-order valence-electron chi connectivity index (χ3n) is 7.75. The van der Waals surface area contributed by atoms with E-state index in [4.69, 9.17) is 0 Å². The molecule has 0 aliphatic heterocycles. The maximum absolute atomic E-state index is 4.16. The Morgan fingerprint density at radius 2 is 1.16 bits per heavy atom. The Morgan fingerprint density at radius 3 is 1.63 bits per heavy atom. The first-order valence-corrected chi connectivity index (χ1v) is 16.2. The summed E-state index contributed by atoms with van der Waals surface area (Å²) in [7, 11) is -2.52. The predicted octanol–water partition coefficient (Wildman–Crippen LogP) is 8.73. The van der Waals surface area contributed by atoms with Gasteiger partial charge in [0.1, 0.15) is 0 Å². The van der Waals surface area contributed by atoms with Crippen LogP contribution in [0, 0.1) is 0 Å². The molecule has 0 aliphatic rings. The summed E-state index contributed by atoms with van der Waals surface area (Å²) in [5.41, 5.74) is 4.13. The summed E-state index contributed by atoms with van der Waals surface area (Å²) in [6.07, 6.45) is 7.22. The molecule has 4 rings (SSSR count). The van der Waals surface area contributed by atoms with Crippen LogP contribution in [0.25, 0.3) is 6.08 Å². The average molecular weight is 518 g/mol. The SMILES string of the molecule is CCCCC/C(=C\c1ccccc1)C(Nc1ccccc1)[Si](c1ccccc1)(c1ccccc1)C(C)(C)C. The van der Waals surface area contributed by atoms with Crippen molar-refractivity contribution in [3.8, 4) is 0 Å². The van der Waals surface area contributed by atoms with Crippen molar-refractivity contribution in [3.05, 3.63) is 132 Å². The zero-order valence-corrected chi connectivity index (χ0v) is 24.5. The summed E-state index contributed by atoms with van der Waals surface area (Å²) in [5.74, 6) is 0. The molecule has 2 heteroatoms. The van der Waals surface area contributed by atoms with E-state index in [2.05, 4.69) is 160 Å². The van der Waals surface area contributed by atoms with Crippen LogP contribution in [-0.4, -0.2) is 13.7 Å². The van der Waals surface area contributed by atoms with Gasteiger partial charge in [-0.1, -0.05) is 166 Å². The van der Waals surface area contributed by atoms with E-state index in [1.165, 1.54) is 46.5 Å². The van der Waals surface area contributed by atoms with Crippen molar-refractivity contribution in [3.63, 3.8) is 0 Å². The lowest BCUT2D eigenvalue weighted by molar-refractivity contribution is 0.685. The van der Waals surface area contributed by atoms with Gasteiger partial charge in [0, 0.05) is 11.4 Å². The van der Waals surface area contributed by atoms with Gasteiger partial charge in [-0.05, 0) is 41.1 Å². The molecule has 0 heterocycles. The summed E-state index contributed by atoms with van der Waals surface area (Å²) < 4.78 is 0. The van der Waals surface area contributed by atoms with Gasteiger partial charge in [0.15, 0.2) is 8.07 Å². The molecule has 0 saturated carbocycles. The average Bonchev–Trinajstić information content (AvgIpc) is 2.94. The van der Waals surface area contributed by atoms with Gasteiger partial charge in [-0.2, -0.15) is 0 Å². The van der Waals surface area contributed by atoms with Crippen molar-refractivity contribution >= 4 is 30.2 Å². The molecule has 4 aromatic carbocycles. The molecule has 1 unspecified atom stereocenters. The highest BCUT2D eigenvalue weighted by Crippen LogP contribution is 2.42. The van der Waals surface area contributed by atoms with Crippen molar-refractivity contribution in [2.24, 2.45) is 0 Å². The fourth-order valence-electron chi connectivity index (χ4n) is 6.02. The summed E-state index contributed by atoms with van der Waals surface area (Å²) in [5, 5.41) is 7.14. The number of para-hydroxylation sites is 1. The van der Waals surface area contributed by atoms with Gasteiger partial charge in [0.2, 0.25) is 0 Å². The fourth-order valence-corrected chi connectivity index (χ4v) is 12.2. The normalized spacial score (nSPS) is 13.2. The Labute approximate surface area is 231 Å². The molecule has 0 fully saturated rings. The maximum atomic E-state index is 4.16. The van der Waals surface area contributed by atoms with Gasteiger partial charge >= 0.3 is 0 Å². The highest BCUT2D eigenvalue weighted by atomic mass is 28.3. The van der Waals surface area contributed by atoms with Gasteiger partial charge in [-0.15, -0.1) is 0 Å². The lowest BCUT2D eigenvalue weighted by Gasteiger charge is -2.50. The number of anilines is 1. The van der Waals surface area contributed by atoms with Gasteiger partial charge in [0.05, 0.1) is 0 Å². The van der Waals surface area contributed by atoms with Crippen LogP contribution in [0.5, 0.6) is 0 Å². The van der Waals surface area contributed by atoms with Crippen LogP contribution in [0.2, 0.25) is 5.04 Å². The zero-order chi connectivity index (χ0) is 26.8. The van der Waals surface area contributed by atoms with Crippen LogP contribution in [0.1, 0.15) is 58.9 Å². The second kappa shape index (κ2) is 12.9. The molecule has 1 atom stereocenters. The molecule has 196 valence electrons. The number of nitrogens with one attached hydrogen (secondary N) is 1. The van der Waals surface area contributed by atoms with E-state index in [0.29, 0.717) is 0 Å². The smallest absolute Gasteiger partial charge is 0.150 e. The maximum Gasteiger partial charge on any atom is 0.150 e. The first-order valence-electron chi connectivity index (χ1n) is 14.1. The van der Waals surface area contributed by atoms with Crippen LogP contribution >= 0.6 is 0 Å². The van der Waals surface area contributed by atoms with Crippen molar-refractivity contribution < 1.29 is 0 Å². The minimum atomic E-state index is -2.52. The van der Waals surface area contributed by atoms with Crippen LogP contribution in [-0.2, 0) is 0 Å². The Kier molecular flexibility index (Phi) is 9.41. The molecular weight excluding hydrogens is 474 g/mol. The minimum absolute atomic E-state index is 0.0304. The first kappa shape index (κ1) is 27.7. The molecule has 0 aliphatic carbocycles. The zero-order valence-electron chi connectivity index (χ0n) is 23.5. The second-order valence-corrected chi connectivity index (χ2v) is 16.2. The standard InChI is InChI=1S/C36H43NSi/c1-5-6-11-22-31(29-30-20-12-7-13-21-30)35(37-32-23-14-8-15-24-32)38(36(2,3)4,33-25-16-9-17-26-33)34-27-18-10-19-28-34/h7-10,12-21,23-29,35,37H,5-6,11,22H2,1-4H3/b31-29+. The summed E-state index contributed by atoms with van der Waals surface area (Å²) in [6, 6.07) is 44.5. The molecule has 0 bridgehead atoms. The van der Waals surface area contributed by atoms with Crippen LogP contribution in [0.4, 0.5) is 5.69 Å². The number of hydrogen-bond donors (Lipinski definition) is 1. The number of unbranched alkanes of at least 4 members (excludes halogenated alkanes) is 2. The molecule has 0 aromatic heterocycles. The molecule has 0 spiro atoms. The quantitative estimate of drug-likeness (QED) is 0.155. The van der Waals surface area contributed by atoms with E-state index < -0.39 is 8.07 Å². The number of rotatable bonds is 11. The summed E-state index contributed by atoms with van der Waals surface area (Å²) in [4.78, 5) is 0. The van der Waals surface area contributed by atoms with Gasteiger partial charge in [0.25, 0.3) is 0 Å². The van der Waals surface area contributed by atoms with E-state index in [1.807, 2.05) is 0 Å². The van der Waals surface area contributed by atoms with Gasteiger partial charge < -0.3 is 5.32 Å². The lowest BCUT2D eigenvalue weighted by Crippen LogP contribution is -2.73. The topological polar surface area (TPSA) is 12.0 Å². The van der Waals surface area contributed by atoms with Crippen LogP contribution < -0.4 is 15.7 Å². The number of benzene rings is 4. The van der Waals surface area contributed by atoms with E-state index in [0.717, 1.165) is 6.42 Å². The lowest BCUT2D eigenvalue weighted by atomic mass is 10.0. The van der Waals surface area contributed by atoms with E-state index >= 15 is 0 Å².